The Morgan fingerprint density at radius 1 is 1.39 bits per heavy atom. The first-order chi connectivity index (χ1) is 8.47. The zero-order valence-corrected chi connectivity index (χ0v) is 11.6. The minimum atomic E-state index is -3.07. The van der Waals surface area contributed by atoms with E-state index in [1.807, 2.05) is 0 Å². The summed E-state index contributed by atoms with van der Waals surface area (Å²) < 4.78 is 27.3. The van der Waals surface area contributed by atoms with Crippen molar-refractivity contribution >= 4 is 15.7 Å². The summed E-state index contributed by atoms with van der Waals surface area (Å²) in [6.07, 6.45) is 3.43. The molecule has 0 saturated carbocycles. The number of sulfone groups is 1. The van der Waals surface area contributed by atoms with Crippen molar-refractivity contribution in [2.75, 3.05) is 38.2 Å². The van der Waals surface area contributed by atoms with Gasteiger partial charge >= 0.3 is 0 Å². The van der Waals surface area contributed by atoms with Crippen LogP contribution in [0.3, 0.4) is 0 Å². The van der Waals surface area contributed by atoms with Gasteiger partial charge in [-0.05, 0) is 25.9 Å². The van der Waals surface area contributed by atoms with Crippen molar-refractivity contribution in [2.45, 2.75) is 25.4 Å². The van der Waals surface area contributed by atoms with E-state index >= 15 is 0 Å². The molecule has 1 fully saturated rings. The standard InChI is InChI=1S/C11H22N2O4S/c1-18(15,16)9-4-11(14)13-7-8-17-10-2-5-12-6-3-10/h10,12H,2-9H2,1H3,(H,13,14). The van der Waals surface area contributed by atoms with Crippen LogP contribution in [0.4, 0.5) is 0 Å². The summed E-state index contributed by atoms with van der Waals surface area (Å²) in [5.74, 6) is -0.345. The van der Waals surface area contributed by atoms with E-state index in [0.717, 1.165) is 32.2 Å². The van der Waals surface area contributed by atoms with Crippen molar-refractivity contribution < 1.29 is 17.9 Å². The average Bonchev–Trinajstić information content (AvgIpc) is 2.33. The molecule has 1 saturated heterocycles. The fourth-order valence-corrected chi connectivity index (χ4v) is 2.30. The number of hydrogen-bond acceptors (Lipinski definition) is 5. The molecule has 0 bridgehead atoms. The highest BCUT2D eigenvalue weighted by atomic mass is 32.2. The monoisotopic (exact) mass is 278 g/mol. The summed E-state index contributed by atoms with van der Waals surface area (Å²) in [5, 5.41) is 5.90. The second kappa shape index (κ2) is 7.70. The van der Waals surface area contributed by atoms with Gasteiger partial charge in [0.15, 0.2) is 0 Å². The molecule has 0 atom stereocenters. The Bertz CT molecular complexity index is 350. The fourth-order valence-electron chi connectivity index (χ4n) is 1.74. The van der Waals surface area contributed by atoms with Crippen LogP contribution in [0, 0.1) is 0 Å². The summed E-state index contributed by atoms with van der Waals surface area (Å²) in [4.78, 5) is 11.3. The molecule has 0 unspecified atom stereocenters. The number of carbonyl (C=O) groups excluding carboxylic acids is 1. The molecular formula is C11H22N2O4S. The van der Waals surface area contributed by atoms with Gasteiger partial charge < -0.3 is 15.4 Å². The molecule has 0 radical (unpaired) electrons. The van der Waals surface area contributed by atoms with Crippen molar-refractivity contribution in [3.05, 3.63) is 0 Å². The highest BCUT2D eigenvalue weighted by Gasteiger charge is 2.13. The smallest absolute Gasteiger partial charge is 0.221 e. The molecule has 1 amide bonds. The zero-order valence-electron chi connectivity index (χ0n) is 10.8. The number of nitrogens with one attached hydrogen (secondary N) is 2. The first-order valence-electron chi connectivity index (χ1n) is 6.24. The Morgan fingerprint density at radius 2 is 2.06 bits per heavy atom. The Kier molecular flexibility index (Phi) is 6.59. The number of amides is 1. The first kappa shape index (κ1) is 15.4. The van der Waals surface area contributed by atoms with Gasteiger partial charge in [-0.15, -0.1) is 0 Å². The van der Waals surface area contributed by atoms with E-state index in [0.29, 0.717) is 13.2 Å². The van der Waals surface area contributed by atoms with Crippen molar-refractivity contribution in [2.24, 2.45) is 0 Å². The average molecular weight is 278 g/mol. The lowest BCUT2D eigenvalue weighted by molar-refractivity contribution is -0.121. The molecule has 18 heavy (non-hydrogen) atoms. The van der Waals surface area contributed by atoms with Gasteiger partial charge in [-0.2, -0.15) is 0 Å². The topological polar surface area (TPSA) is 84.5 Å². The quantitative estimate of drug-likeness (QED) is 0.602. The highest BCUT2D eigenvalue weighted by molar-refractivity contribution is 7.90. The van der Waals surface area contributed by atoms with Gasteiger partial charge in [-0.1, -0.05) is 0 Å². The lowest BCUT2D eigenvalue weighted by atomic mass is 10.1. The first-order valence-corrected chi connectivity index (χ1v) is 8.30. The van der Waals surface area contributed by atoms with Crippen LogP contribution in [0.2, 0.25) is 0 Å². The molecular weight excluding hydrogens is 256 g/mol. The van der Waals surface area contributed by atoms with E-state index in [9.17, 15) is 13.2 Å². The van der Waals surface area contributed by atoms with Crippen LogP contribution in [0.15, 0.2) is 0 Å². The molecule has 0 aromatic carbocycles. The predicted molar refractivity (Wildman–Crippen MR) is 69.2 cm³/mol. The minimum absolute atomic E-state index is 0.0200. The van der Waals surface area contributed by atoms with Crippen LogP contribution < -0.4 is 10.6 Å². The lowest BCUT2D eigenvalue weighted by Gasteiger charge is -2.22. The number of piperidine rings is 1. The van der Waals surface area contributed by atoms with E-state index in [1.54, 1.807) is 0 Å². The summed E-state index contributed by atoms with van der Waals surface area (Å²) in [6, 6.07) is 0. The summed E-state index contributed by atoms with van der Waals surface area (Å²) in [5.41, 5.74) is 0. The van der Waals surface area contributed by atoms with Gasteiger partial charge in [0.25, 0.3) is 0 Å². The molecule has 106 valence electrons. The SMILES string of the molecule is CS(=O)(=O)CCC(=O)NCCOC1CCNCC1. The van der Waals surface area contributed by atoms with Crippen LogP contribution >= 0.6 is 0 Å². The van der Waals surface area contributed by atoms with Crippen LogP contribution in [0.5, 0.6) is 0 Å². The largest absolute Gasteiger partial charge is 0.376 e. The molecule has 0 aliphatic carbocycles. The Hall–Kier alpha value is -0.660. The normalized spacial score (nSPS) is 17.6. The highest BCUT2D eigenvalue weighted by Crippen LogP contribution is 2.06. The molecule has 1 aliphatic rings. The summed E-state index contributed by atoms with van der Waals surface area (Å²) in [6.45, 7) is 2.87. The fraction of sp³-hybridized carbons (Fsp3) is 0.909. The van der Waals surface area contributed by atoms with Gasteiger partial charge in [0, 0.05) is 19.2 Å². The van der Waals surface area contributed by atoms with Crippen molar-refractivity contribution in [1.29, 1.82) is 0 Å². The molecule has 0 spiro atoms. The van der Waals surface area contributed by atoms with Crippen molar-refractivity contribution in [3.8, 4) is 0 Å². The van der Waals surface area contributed by atoms with E-state index in [4.69, 9.17) is 4.74 Å². The van der Waals surface area contributed by atoms with Gasteiger partial charge in [-0.25, -0.2) is 8.42 Å². The van der Waals surface area contributed by atoms with E-state index in [1.165, 1.54) is 0 Å². The molecule has 7 heteroatoms. The van der Waals surface area contributed by atoms with Gasteiger partial charge in [0.1, 0.15) is 9.84 Å². The third kappa shape index (κ3) is 7.62. The Labute approximate surface area is 108 Å². The molecule has 1 rings (SSSR count). The zero-order chi connectivity index (χ0) is 13.4. The third-order valence-corrected chi connectivity index (χ3v) is 3.71. The third-order valence-electron chi connectivity index (χ3n) is 2.76. The molecule has 1 heterocycles. The molecule has 6 nitrogen and oxygen atoms in total. The van der Waals surface area contributed by atoms with Crippen LogP contribution in [0.1, 0.15) is 19.3 Å². The second-order valence-corrected chi connectivity index (χ2v) is 6.81. The van der Waals surface area contributed by atoms with Gasteiger partial charge in [0.2, 0.25) is 5.91 Å². The number of rotatable bonds is 7. The number of ether oxygens (including phenoxy) is 1. The van der Waals surface area contributed by atoms with Gasteiger partial charge in [-0.3, -0.25) is 4.79 Å². The summed E-state index contributed by atoms with van der Waals surface area (Å²) >= 11 is 0. The number of carbonyl (C=O) groups is 1. The number of hydrogen-bond donors (Lipinski definition) is 2. The summed E-state index contributed by atoms with van der Waals surface area (Å²) in [7, 11) is -3.07. The predicted octanol–water partition coefficient (Wildman–Crippen LogP) is -0.694. The minimum Gasteiger partial charge on any atom is -0.376 e. The van der Waals surface area contributed by atoms with E-state index in [2.05, 4.69) is 10.6 Å². The van der Waals surface area contributed by atoms with Crippen LogP contribution in [-0.2, 0) is 19.4 Å². The second-order valence-electron chi connectivity index (χ2n) is 4.55. The maximum Gasteiger partial charge on any atom is 0.221 e. The van der Waals surface area contributed by atoms with Crippen LogP contribution in [0.25, 0.3) is 0 Å². The molecule has 0 aromatic heterocycles. The van der Waals surface area contributed by atoms with Crippen molar-refractivity contribution in [3.63, 3.8) is 0 Å². The van der Waals surface area contributed by atoms with E-state index in [-0.39, 0.29) is 24.2 Å². The van der Waals surface area contributed by atoms with E-state index < -0.39 is 9.84 Å². The molecule has 2 N–H and O–H groups in total. The lowest BCUT2D eigenvalue weighted by Crippen LogP contribution is -2.35. The maximum absolute atomic E-state index is 11.3. The van der Waals surface area contributed by atoms with Gasteiger partial charge in [0.05, 0.1) is 18.5 Å². The Morgan fingerprint density at radius 3 is 2.67 bits per heavy atom. The van der Waals surface area contributed by atoms with Crippen LogP contribution in [-0.4, -0.2) is 58.7 Å². The van der Waals surface area contributed by atoms with Crippen molar-refractivity contribution in [1.82, 2.24) is 10.6 Å². The molecule has 0 aromatic rings. The molecule has 1 aliphatic heterocycles. The Balaban J connectivity index is 2.01. The maximum atomic E-state index is 11.3.